The molecule has 1 aliphatic heterocycles. The van der Waals surface area contributed by atoms with E-state index in [0.717, 1.165) is 30.9 Å². The van der Waals surface area contributed by atoms with Crippen LogP contribution in [0.3, 0.4) is 0 Å². The molecular formula is C20H25ClFN3O2. The smallest absolute Gasteiger partial charge is 0.238 e. The molecule has 27 heavy (non-hydrogen) atoms. The van der Waals surface area contributed by atoms with Gasteiger partial charge in [0.25, 0.3) is 0 Å². The second-order valence-corrected chi connectivity index (χ2v) is 6.44. The van der Waals surface area contributed by atoms with Crippen LogP contribution in [0.2, 0.25) is 0 Å². The maximum absolute atomic E-state index is 13.7. The summed E-state index contributed by atoms with van der Waals surface area (Å²) in [5.74, 6) is 0.333. The van der Waals surface area contributed by atoms with Gasteiger partial charge >= 0.3 is 0 Å². The predicted octanol–water partition coefficient (Wildman–Crippen LogP) is 3.15. The Balaban J connectivity index is 0.00000261. The summed E-state index contributed by atoms with van der Waals surface area (Å²) in [6, 6.07) is 12.6. The minimum absolute atomic E-state index is 0. The van der Waals surface area contributed by atoms with E-state index in [9.17, 15) is 9.18 Å². The van der Waals surface area contributed by atoms with Gasteiger partial charge < -0.3 is 15.4 Å². The third-order valence-electron chi connectivity index (χ3n) is 4.65. The van der Waals surface area contributed by atoms with Crippen LogP contribution in [-0.2, 0) is 4.79 Å². The number of nitrogens with zero attached hydrogens (tertiary/aromatic N) is 1. The van der Waals surface area contributed by atoms with Crippen molar-refractivity contribution in [3.8, 4) is 5.75 Å². The second-order valence-electron chi connectivity index (χ2n) is 6.44. The molecule has 146 valence electrons. The maximum Gasteiger partial charge on any atom is 0.238 e. The standard InChI is InChI=1S/C20H24FN3O2.ClH/c1-14-7-8-15(11-17(14)21)23-20(25)13-24-10-9-22-12-18(24)16-5-3-4-6-19(16)26-2;/h3-8,11,18,22H,9-10,12-13H2,1-2H3,(H,23,25);1H. The van der Waals surface area contributed by atoms with Crippen molar-refractivity contribution in [2.24, 2.45) is 0 Å². The summed E-state index contributed by atoms with van der Waals surface area (Å²) < 4.78 is 19.1. The number of benzene rings is 2. The zero-order chi connectivity index (χ0) is 18.5. The summed E-state index contributed by atoms with van der Waals surface area (Å²) >= 11 is 0. The lowest BCUT2D eigenvalue weighted by atomic mass is 10.0. The lowest BCUT2D eigenvalue weighted by molar-refractivity contribution is -0.118. The van der Waals surface area contributed by atoms with Crippen molar-refractivity contribution in [1.29, 1.82) is 0 Å². The molecule has 1 fully saturated rings. The predicted molar refractivity (Wildman–Crippen MR) is 107 cm³/mol. The summed E-state index contributed by atoms with van der Waals surface area (Å²) in [6.07, 6.45) is 0. The number of ether oxygens (including phenoxy) is 1. The molecule has 0 bridgehead atoms. The molecule has 1 atom stereocenters. The molecule has 0 aliphatic carbocycles. The zero-order valence-electron chi connectivity index (χ0n) is 15.5. The number of para-hydroxylation sites is 1. The highest BCUT2D eigenvalue weighted by atomic mass is 35.5. The average Bonchev–Trinajstić information content (AvgIpc) is 2.65. The Morgan fingerprint density at radius 2 is 2.11 bits per heavy atom. The van der Waals surface area contributed by atoms with Crippen LogP contribution in [0, 0.1) is 12.7 Å². The molecule has 1 aliphatic rings. The highest BCUT2D eigenvalue weighted by Gasteiger charge is 2.27. The van der Waals surface area contributed by atoms with Gasteiger partial charge in [0, 0.05) is 30.9 Å². The molecule has 1 heterocycles. The van der Waals surface area contributed by atoms with E-state index >= 15 is 0 Å². The molecular weight excluding hydrogens is 369 g/mol. The number of rotatable bonds is 5. The Labute approximate surface area is 165 Å². The fourth-order valence-electron chi connectivity index (χ4n) is 3.24. The van der Waals surface area contributed by atoms with E-state index in [-0.39, 0.29) is 36.7 Å². The molecule has 3 rings (SSSR count). The summed E-state index contributed by atoms with van der Waals surface area (Å²) in [7, 11) is 1.65. The minimum atomic E-state index is -0.322. The Morgan fingerprint density at radius 3 is 2.85 bits per heavy atom. The molecule has 1 unspecified atom stereocenters. The molecule has 0 saturated carbocycles. The van der Waals surface area contributed by atoms with E-state index in [2.05, 4.69) is 15.5 Å². The molecule has 0 radical (unpaired) electrons. The van der Waals surface area contributed by atoms with Gasteiger partial charge in [-0.3, -0.25) is 9.69 Å². The number of amides is 1. The topological polar surface area (TPSA) is 53.6 Å². The first-order valence-corrected chi connectivity index (χ1v) is 8.72. The molecule has 1 amide bonds. The number of methoxy groups -OCH3 is 1. The largest absolute Gasteiger partial charge is 0.496 e. The molecule has 7 heteroatoms. The van der Waals surface area contributed by atoms with Crippen molar-refractivity contribution in [2.75, 3.05) is 38.6 Å². The fraction of sp³-hybridized carbons (Fsp3) is 0.350. The number of hydrogen-bond acceptors (Lipinski definition) is 4. The monoisotopic (exact) mass is 393 g/mol. The van der Waals surface area contributed by atoms with Crippen LogP contribution in [0.25, 0.3) is 0 Å². The number of carbonyl (C=O) groups excluding carboxylic acids is 1. The van der Waals surface area contributed by atoms with Crippen LogP contribution in [0.15, 0.2) is 42.5 Å². The first-order chi connectivity index (χ1) is 12.6. The highest BCUT2D eigenvalue weighted by Crippen LogP contribution is 2.30. The van der Waals surface area contributed by atoms with Gasteiger partial charge in [0.15, 0.2) is 0 Å². The number of hydrogen-bond donors (Lipinski definition) is 2. The highest BCUT2D eigenvalue weighted by molar-refractivity contribution is 5.92. The number of piperazine rings is 1. The van der Waals surface area contributed by atoms with Gasteiger partial charge in [-0.05, 0) is 30.7 Å². The van der Waals surface area contributed by atoms with Crippen LogP contribution in [-0.4, -0.2) is 44.1 Å². The lowest BCUT2D eigenvalue weighted by Gasteiger charge is -2.36. The van der Waals surface area contributed by atoms with Crippen LogP contribution in [0.5, 0.6) is 5.75 Å². The van der Waals surface area contributed by atoms with Crippen molar-refractivity contribution >= 4 is 24.0 Å². The lowest BCUT2D eigenvalue weighted by Crippen LogP contribution is -2.48. The summed E-state index contributed by atoms with van der Waals surface area (Å²) in [5, 5.41) is 6.16. The number of aryl methyl sites for hydroxylation is 1. The van der Waals surface area contributed by atoms with Crippen molar-refractivity contribution in [1.82, 2.24) is 10.2 Å². The number of carbonyl (C=O) groups is 1. The first kappa shape index (κ1) is 21.2. The van der Waals surface area contributed by atoms with Crippen molar-refractivity contribution in [3.63, 3.8) is 0 Å². The quantitative estimate of drug-likeness (QED) is 0.819. The third-order valence-corrected chi connectivity index (χ3v) is 4.65. The van der Waals surface area contributed by atoms with Gasteiger partial charge in [0.1, 0.15) is 11.6 Å². The molecule has 1 saturated heterocycles. The van der Waals surface area contributed by atoms with Gasteiger partial charge in [0.05, 0.1) is 19.7 Å². The third kappa shape index (κ3) is 5.19. The number of nitrogens with one attached hydrogen (secondary N) is 2. The Bertz CT molecular complexity index is 788. The Morgan fingerprint density at radius 1 is 1.33 bits per heavy atom. The van der Waals surface area contributed by atoms with Gasteiger partial charge in [0.2, 0.25) is 5.91 Å². The average molecular weight is 394 g/mol. The zero-order valence-corrected chi connectivity index (χ0v) is 16.3. The van der Waals surface area contributed by atoms with Crippen molar-refractivity contribution in [3.05, 3.63) is 59.4 Å². The van der Waals surface area contributed by atoms with Crippen molar-refractivity contribution in [2.45, 2.75) is 13.0 Å². The second kappa shape index (κ2) is 9.69. The van der Waals surface area contributed by atoms with E-state index in [0.29, 0.717) is 11.3 Å². The number of anilines is 1. The minimum Gasteiger partial charge on any atom is -0.496 e. The van der Waals surface area contributed by atoms with E-state index in [1.54, 1.807) is 26.2 Å². The van der Waals surface area contributed by atoms with Crippen LogP contribution in [0.4, 0.5) is 10.1 Å². The van der Waals surface area contributed by atoms with Gasteiger partial charge in [-0.15, -0.1) is 12.4 Å². The van der Waals surface area contributed by atoms with E-state index in [4.69, 9.17) is 4.74 Å². The van der Waals surface area contributed by atoms with E-state index in [1.165, 1.54) is 6.07 Å². The molecule has 2 N–H and O–H groups in total. The molecule has 2 aromatic rings. The SMILES string of the molecule is COc1ccccc1C1CNCCN1CC(=O)Nc1ccc(C)c(F)c1.Cl. The summed E-state index contributed by atoms with van der Waals surface area (Å²) in [6.45, 7) is 4.24. The fourth-order valence-corrected chi connectivity index (χ4v) is 3.24. The molecule has 0 aromatic heterocycles. The maximum atomic E-state index is 13.7. The van der Waals surface area contributed by atoms with Gasteiger partial charge in [-0.1, -0.05) is 24.3 Å². The Kier molecular flexibility index (Phi) is 7.59. The Hall–Kier alpha value is -2.15. The molecule has 0 spiro atoms. The van der Waals surface area contributed by atoms with Crippen molar-refractivity contribution < 1.29 is 13.9 Å². The van der Waals surface area contributed by atoms with Crippen LogP contribution in [0.1, 0.15) is 17.2 Å². The summed E-state index contributed by atoms with van der Waals surface area (Å²) in [4.78, 5) is 14.6. The summed E-state index contributed by atoms with van der Waals surface area (Å²) in [5.41, 5.74) is 2.08. The van der Waals surface area contributed by atoms with Gasteiger partial charge in [-0.2, -0.15) is 0 Å². The van der Waals surface area contributed by atoms with E-state index in [1.807, 2.05) is 24.3 Å². The molecule has 5 nitrogen and oxygen atoms in total. The molecule has 2 aromatic carbocycles. The van der Waals surface area contributed by atoms with Crippen LogP contribution >= 0.6 is 12.4 Å². The van der Waals surface area contributed by atoms with Gasteiger partial charge in [-0.25, -0.2) is 4.39 Å². The number of halogens is 2. The van der Waals surface area contributed by atoms with Crippen LogP contribution < -0.4 is 15.4 Å². The first-order valence-electron chi connectivity index (χ1n) is 8.72. The van der Waals surface area contributed by atoms with E-state index < -0.39 is 0 Å². The normalized spacial score (nSPS) is 17.1.